The second-order valence-electron chi connectivity index (χ2n) is 7.47. The molecule has 0 N–H and O–H groups in total. The van der Waals surface area contributed by atoms with Crippen molar-refractivity contribution in [3.05, 3.63) is 10.6 Å². The molecule has 116 valence electrons. The van der Waals surface area contributed by atoms with Crippen molar-refractivity contribution in [1.82, 2.24) is 4.98 Å². The summed E-state index contributed by atoms with van der Waals surface area (Å²) in [4.78, 5) is 20.4. The summed E-state index contributed by atoms with van der Waals surface area (Å²) in [5, 5.41) is 1.05. The topological polar surface area (TPSA) is 33.2 Å². The molecule has 1 aromatic rings. The van der Waals surface area contributed by atoms with Crippen LogP contribution < -0.4 is 4.90 Å². The Bertz CT molecular complexity index is 527. The van der Waals surface area contributed by atoms with Gasteiger partial charge >= 0.3 is 0 Å². The van der Waals surface area contributed by atoms with E-state index >= 15 is 0 Å². The second-order valence-corrected chi connectivity index (χ2v) is 8.45. The molecule has 3 nitrogen and oxygen atoms in total. The fourth-order valence-electron chi connectivity index (χ4n) is 3.66. The molecule has 0 radical (unpaired) electrons. The number of anilines is 1. The molecule has 1 fully saturated rings. The Kier molecular flexibility index (Phi) is 4.08. The maximum absolute atomic E-state index is 12.3. The molecular weight excluding hydrogens is 280 g/mol. The highest BCUT2D eigenvalue weighted by Crippen LogP contribution is 2.40. The van der Waals surface area contributed by atoms with E-state index in [1.54, 1.807) is 11.3 Å². The van der Waals surface area contributed by atoms with Crippen LogP contribution in [0.1, 0.15) is 74.2 Å². The third-order valence-corrected chi connectivity index (χ3v) is 6.13. The SMILES string of the molecule is CN(c1nc2c(s1)C(=O)CC(C)(C)C2)C1CCCCCC1. The summed E-state index contributed by atoms with van der Waals surface area (Å²) in [5.74, 6) is 0.291. The average Bonchev–Trinajstić information content (AvgIpc) is 2.65. The lowest BCUT2D eigenvalue weighted by Gasteiger charge is -2.27. The largest absolute Gasteiger partial charge is 0.348 e. The van der Waals surface area contributed by atoms with E-state index in [1.807, 2.05) is 0 Å². The number of fused-ring (bicyclic) bond motifs is 1. The average molecular weight is 306 g/mol. The van der Waals surface area contributed by atoms with E-state index < -0.39 is 0 Å². The lowest BCUT2D eigenvalue weighted by Crippen LogP contribution is -2.31. The Hall–Kier alpha value is -0.900. The summed E-state index contributed by atoms with van der Waals surface area (Å²) < 4.78 is 0. The Morgan fingerprint density at radius 3 is 2.48 bits per heavy atom. The maximum Gasteiger partial charge on any atom is 0.186 e. The maximum atomic E-state index is 12.3. The third kappa shape index (κ3) is 3.15. The van der Waals surface area contributed by atoms with Crippen molar-refractivity contribution >= 4 is 22.3 Å². The fourth-order valence-corrected chi connectivity index (χ4v) is 4.71. The van der Waals surface area contributed by atoms with E-state index in [4.69, 9.17) is 4.98 Å². The van der Waals surface area contributed by atoms with Gasteiger partial charge in [-0.15, -0.1) is 0 Å². The zero-order valence-electron chi connectivity index (χ0n) is 13.4. The normalized spacial score (nSPS) is 22.7. The summed E-state index contributed by atoms with van der Waals surface area (Å²) in [7, 11) is 2.16. The smallest absolute Gasteiger partial charge is 0.186 e. The van der Waals surface area contributed by atoms with E-state index in [1.165, 1.54) is 38.5 Å². The third-order valence-electron chi connectivity index (χ3n) is 4.90. The summed E-state index contributed by atoms with van der Waals surface area (Å²) in [6, 6.07) is 0.600. The van der Waals surface area contributed by atoms with Crippen molar-refractivity contribution < 1.29 is 4.79 Å². The van der Waals surface area contributed by atoms with Crippen LogP contribution in [0.15, 0.2) is 0 Å². The van der Waals surface area contributed by atoms with Gasteiger partial charge in [0.25, 0.3) is 0 Å². The Morgan fingerprint density at radius 1 is 1.14 bits per heavy atom. The van der Waals surface area contributed by atoms with Crippen LogP contribution in [0.5, 0.6) is 0 Å². The molecule has 0 amide bonds. The number of rotatable bonds is 2. The van der Waals surface area contributed by atoms with Crippen molar-refractivity contribution in [2.24, 2.45) is 5.41 Å². The summed E-state index contributed by atoms with van der Waals surface area (Å²) in [6.45, 7) is 4.34. The molecule has 2 aliphatic rings. The van der Waals surface area contributed by atoms with Crippen LogP contribution >= 0.6 is 11.3 Å². The quantitative estimate of drug-likeness (QED) is 0.756. The molecule has 0 bridgehead atoms. The highest BCUT2D eigenvalue weighted by atomic mass is 32.1. The van der Waals surface area contributed by atoms with Gasteiger partial charge in [-0.1, -0.05) is 50.9 Å². The molecule has 21 heavy (non-hydrogen) atoms. The number of ketones is 1. The molecule has 0 atom stereocenters. The molecule has 4 heteroatoms. The number of hydrogen-bond donors (Lipinski definition) is 0. The molecule has 1 saturated carbocycles. The standard InChI is InChI=1S/C17H26N2OS/c1-17(2)10-13-15(14(20)11-17)21-16(18-13)19(3)12-8-6-4-5-7-9-12/h12H,4-11H2,1-3H3. The van der Waals surface area contributed by atoms with Crippen molar-refractivity contribution in [3.8, 4) is 0 Å². The highest BCUT2D eigenvalue weighted by Gasteiger charge is 2.34. The number of carbonyl (C=O) groups is 1. The second kappa shape index (κ2) is 5.71. The minimum absolute atomic E-state index is 0.0658. The van der Waals surface area contributed by atoms with E-state index in [9.17, 15) is 4.79 Å². The van der Waals surface area contributed by atoms with Crippen molar-refractivity contribution in [2.75, 3.05) is 11.9 Å². The van der Waals surface area contributed by atoms with Crippen LogP contribution in [0.4, 0.5) is 5.13 Å². The summed E-state index contributed by atoms with van der Waals surface area (Å²) >= 11 is 1.62. The Balaban J connectivity index is 1.82. The van der Waals surface area contributed by atoms with Crippen molar-refractivity contribution in [2.45, 2.75) is 71.3 Å². The van der Waals surface area contributed by atoms with Crippen LogP contribution in [0.3, 0.4) is 0 Å². The van der Waals surface area contributed by atoms with Crippen LogP contribution in [0.2, 0.25) is 0 Å². The van der Waals surface area contributed by atoms with Gasteiger partial charge in [0.15, 0.2) is 10.9 Å². The molecule has 0 unspecified atom stereocenters. The van der Waals surface area contributed by atoms with Crippen LogP contribution in [-0.2, 0) is 6.42 Å². The molecule has 1 aromatic heterocycles. The van der Waals surface area contributed by atoms with Crippen LogP contribution in [0.25, 0.3) is 0 Å². The Morgan fingerprint density at radius 2 is 1.81 bits per heavy atom. The zero-order chi connectivity index (χ0) is 15.0. The lowest BCUT2D eigenvalue weighted by atomic mass is 9.78. The van der Waals surface area contributed by atoms with E-state index in [0.717, 1.165) is 22.1 Å². The molecule has 3 rings (SSSR count). The van der Waals surface area contributed by atoms with Gasteiger partial charge in [0.05, 0.1) is 10.6 Å². The van der Waals surface area contributed by atoms with E-state index in [2.05, 4.69) is 25.8 Å². The first-order valence-electron chi connectivity index (χ1n) is 8.22. The molecule has 1 heterocycles. The molecule has 0 saturated heterocycles. The molecule has 0 aromatic carbocycles. The van der Waals surface area contributed by atoms with Crippen LogP contribution in [0, 0.1) is 5.41 Å². The monoisotopic (exact) mass is 306 g/mol. The van der Waals surface area contributed by atoms with Gasteiger partial charge < -0.3 is 4.90 Å². The van der Waals surface area contributed by atoms with Crippen LogP contribution in [-0.4, -0.2) is 23.9 Å². The number of hydrogen-bond acceptors (Lipinski definition) is 4. The molecule has 2 aliphatic carbocycles. The molecule has 0 spiro atoms. The number of aromatic nitrogens is 1. The first kappa shape index (κ1) is 15.0. The van der Waals surface area contributed by atoms with Gasteiger partial charge in [-0.2, -0.15) is 0 Å². The Labute approximate surface area is 131 Å². The van der Waals surface area contributed by atoms with E-state index in [0.29, 0.717) is 18.2 Å². The molecular formula is C17H26N2OS. The number of nitrogens with zero attached hydrogens (tertiary/aromatic N) is 2. The number of thiazole rings is 1. The summed E-state index contributed by atoms with van der Waals surface area (Å²) in [5.41, 5.74) is 1.10. The minimum atomic E-state index is 0.0658. The predicted molar refractivity (Wildman–Crippen MR) is 88.4 cm³/mol. The number of Topliss-reactive ketones (excluding diaryl/α,β-unsaturated/α-hetero) is 1. The van der Waals surface area contributed by atoms with Crippen molar-refractivity contribution in [1.29, 1.82) is 0 Å². The van der Waals surface area contributed by atoms with Gasteiger partial charge in [-0.05, 0) is 24.7 Å². The number of carbonyl (C=O) groups excluding carboxylic acids is 1. The first-order valence-corrected chi connectivity index (χ1v) is 9.04. The van der Waals surface area contributed by atoms with Crippen molar-refractivity contribution in [3.63, 3.8) is 0 Å². The first-order chi connectivity index (χ1) is 9.96. The summed E-state index contributed by atoms with van der Waals surface area (Å²) in [6.07, 6.45) is 9.51. The van der Waals surface area contributed by atoms with Gasteiger partial charge in [0.1, 0.15) is 0 Å². The molecule has 0 aliphatic heterocycles. The highest BCUT2D eigenvalue weighted by molar-refractivity contribution is 7.17. The predicted octanol–water partition coefficient (Wildman–Crippen LogP) is 4.46. The zero-order valence-corrected chi connectivity index (χ0v) is 14.3. The fraction of sp³-hybridized carbons (Fsp3) is 0.765. The van der Waals surface area contributed by atoms with Gasteiger partial charge in [0, 0.05) is 19.5 Å². The van der Waals surface area contributed by atoms with Gasteiger partial charge in [-0.3, -0.25) is 4.79 Å². The van der Waals surface area contributed by atoms with Gasteiger partial charge in [-0.25, -0.2) is 4.98 Å². The minimum Gasteiger partial charge on any atom is -0.348 e. The van der Waals surface area contributed by atoms with E-state index in [-0.39, 0.29) is 5.41 Å². The van der Waals surface area contributed by atoms with Gasteiger partial charge in [0.2, 0.25) is 0 Å². The lowest BCUT2D eigenvalue weighted by molar-refractivity contribution is 0.0916.